The number of carbonyl (C=O) groups excluding carboxylic acids is 1. The van der Waals surface area contributed by atoms with Crippen molar-refractivity contribution in [3.8, 4) is 0 Å². The monoisotopic (exact) mass is 234 g/mol. The minimum absolute atomic E-state index is 0.153. The Kier molecular flexibility index (Phi) is 3.64. The van der Waals surface area contributed by atoms with E-state index in [1.165, 1.54) is 11.1 Å². The predicted octanol–water partition coefficient (Wildman–Crippen LogP) is 1.19. The van der Waals surface area contributed by atoms with Crippen molar-refractivity contribution in [2.45, 2.75) is 19.9 Å². The highest BCUT2D eigenvalue weighted by molar-refractivity contribution is 5.71. The van der Waals surface area contributed by atoms with E-state index in [2.05, 4.69) is 11.0 Å². The standard InChI is InChI=1S/C13H18N2O2/c1-2-17-13(16)9-15-6-5-10-3-4-12(14)7-11(10)8-15/h3-4,7H,2,5-6,8-9,14H2,1H3. The van der Waals surface area contributed by atoms with Crippen molar-refractivity contribution in [3.05, 3.63) is 29.3 Å². The van der Waals surface area contributed by atoms with Gasteiger partial charge in [0.05, 0.1) is 13.2 Å². The van der Waals surface area contributed by atoms with Gasteiger partial charge < -0.3 is 10.5 Å². The Morgan fingerprint density at radius 1 is 1.47 bits per heavy atom. The minimum atomic E-state index is -0.153. The van der Waals surface area contributed by atoms with Gasteiger partial charge in [-0.25, -0.2) is 0 Å². The highest BCUT2D eigenvalue weighted by Crippen LogP contribution is 2.21. The summed E-state index contributed by atoms with van der Waals surface area (Å²) in [7, 11) is 0. The van der Waals surface area contributed by atoms with Crippen LogP contribution in [0.5, 0.6) is 0 Å². The number of nitrogens with two attached hydrogens (primary N) is 1. The second-order valence-corrected chi connectivity index (χ2v) is 4.29. The molecule has 1 heterocycles. The van der Waals surface area contributed by atoms with E-state index in [1.807, 2.05) is 19.1 Å². The van der Waals surface area contributed by atoms with Gasteiger partial charge in [0.25, 0.3) is 0 Å². The van der Waals surface area contributed by atoms with E-state index in [0.717, 1.165) is 25.2 Å². The van der Waals surface area contributed by atoms with E-state index in [1.54, 1.807) is 0 Å². The fourth-order valence-electron chi connectivity index (χ4n) is 2.16. The first-order valence-electron chi connectivity index (χ1n) is 5.94. The lowest BCUT2D eigenvalue weighted by atomic mass is 9.99. The molecular weight excluding hydrogens is 216 g/mol. The molecule has 1 aromatic rings. The van der Waals surface area contributed by atoms with Crippen LogP contribution in [0, 0.1) is 0 Å². The lowest BCUT2D eigenvalue weighted by Crippen LogP contribution is -2.35. The van der Waals surface area contributed by atoms with E-state index in [-0.39, 0.29) is 5.97 Å². The van der Waals surface area contributed by atoms with Gasteiger partial charge in [0.2, 0.25) is 0 Å². The number of nitrogen functional groups attached to an aromatic ring is 1. The van der Waals surface area contributed by atoms with E-state index in [4.69, 9.17) is 10.5 Å². The summed E-state index contributed by atoms with van der Waals surface area (Å²) in [5, 5.41) is 0. The van der Waals surface area contributed by atoms with Crippen molar-refractivity contribution < 1.29 is 9.53 Å². The Labute approximate surface area is 101 Å². The largest absolute Gasteiger partial charge is 0.465 e. The lowest BCUT2D eigenvalue weighted by molar-refractivity contribution is -0.144. The van der Waals surface area contributed by atoms with E-state index in [9.17, 15) is 4.79 Å². The number of esters is 1. The molecule has 2 rings (SSSR count). The first-order valence-corrected chi connectivity index (χ1v) is 5.94. The number of rotatable bonds is 3. The summed E-state index contributed by atoms with van der Waals surface area (Å²) in [6.45, 7) is 4.30. The summed E-state index contributed by atoms with van der Waals surface area (Å²) in [6, 6.07) is 6.00. The Morgan fingerprint density at radius 3 is 3.06 bits per heavy atom. The Morgan fingerprint density at radius 2 is 2.29 bits per heavy atom. The van der Waals surface area contributed by atoms with Crippen LogP contribution in [0.1, 0.15) is 18.1 Å². The van der Waals surface area contributed by atoms with Gasteiger partial charge in [0.15, 0.2) is 0 Å². The second kappa shape index (κ2) is 5.19. The van der Waals surface area contributed by atoms with Gasteiger partial charge in [0.1, 0.15) is 0 Å². The molecule has 0 atom stereocenters. The number of carbonyl (C=O) groups is 1. The zero-order chi connectivity index (χ0) is 12.3. The number of benzene rings is 1. The lowest BCUT2D eigenvalue weighted by Gasteiger charge is -2.27. The number of hydrogen-bond acceptors (Lipinski definition) is 4. The highest BCUT2D eigenvalue weighted by atomic mass is 16.5. The topological polar surface area (TPSA) is 55.6 Å². The van der Waals surface area contributed by atoms with Gasteiger partial charge in [0, 0.05) is 18.8 Å². The van der Waals surface area contributed by atoms with Crippen molar-refractivity contribution in [2.75, 3.05) is 25.4 Å². The molecular formula is C13H18N2O2. The summed E-state index contributed by atoms with van der Waals surface area (Å²) < 4.78 is 4.95. The molecule has 2 N–H and O–H groups in total. The van der Waals surface area contributed by atoms with Crippen LogP contribution < -0.4 is 5.73 Å². The van der Waals surface area contributed by atoms with Crippen molar-refractivity contribution >= 4 is 11.7 Å². The van der Waals surface area contributed by atoms with Gasteiger partial charge in [-0.3, -0.25) is 9.69 Å². The van der Waals surface area contributed by atoms with Gasteiger partial charge in [-0.05, 0) is 36.6 Å². The Bertz CT molecular complexity index is 418. The molecule has 1 aliphatic rings. The first-order chi connectivity index (χ1) is 8.19. The predicted molar refractivity (Wildman–Crippen MR) is 66.5 cm³/mol. The molecule has 0 radical (unpaired) electrons. The van der Waals surface area contributed by atoms with Crippen molar-refractivity contribution in [1.29, 1.82) is 0 Å². The zero-order valence-corrected chi connectivity index (χ0v) is 10.1. The molecule has 0 bridgehead atoms. The molecule has 0 saturated heterocycles. The first kappa shape index (κ1) is 11.9. The number of ether oxygens (including phenoxy) is 1. The SMILES string of the molecule is CCOC(=O)CN1CCc2ccc(N)cc2C1. The maximum absolute atomic E-state index is 11.4. The fourth-order valence-corrected chi connectivity index (χ4v) is 2.16. The molecule has 17 heavy (non-hydrogen) atoms. The van der Waals surface area contributed by atoms with Crippen LogP contribution in [0.4, 0.5) is 5.69 Å². The molecule has 0 aliphatic carbocycles. The summed E-state index contributed by atoms with van der Waals surface area (Å²) in [6.07, 6.45) is 0.967. The van der Waals surface area contributed by atoms with Crippen LogP contribution in [0.25, 0.3) is 0 Å². The molecule has 1 aliphatic heterocycles. The van der Waals surface area contributed by atoms with Gasteiger partial charge in [-0.1, -0.05) is 6.07 Å². The molecule has 0 amide bonds. The van der Waals surface area contributed by atoms with E-state index >= 15 is 0 Å². The molecule has 92 valence electrons. The van der Waals surface area contributed by atoms with Gasteiger partial charge in [-0.2, -0.15) is 0 Å². The summed E-state index contributed by atoms with van der Waals surface area (Å²) in [5.74, 6) is -0.153. The van der Waals surface area contributed by atoms with Crippen LogP contribution in [0.15, 0.2) is 18.2 Å². The fraction of sp³-hybridized carbons (Fsp3) is 0.462. The van der Waals surface area contributed by atoms with Crippen molar-refractivity contribution in [3.63, 3.8) is 0 Å². The highest BCUT2D eigenvalue weighted by Gasteiger charge is 2.18. The van der Waals surface area contributed by atoms with Crippen LogP contribution in [-0.4, -0.2) is 30.6 Å². The minimum Gasteiger partial charge on any atom is -0.465 e. The molecule has 0 saturated carbocycles. The molecule has 4 heteroatoms. The molecule has 0 fully saturated rings. The molecule has 0 spiro atoms. The summed E-state index contributed by atoms with van der Waals surface area (Å²) in [5.41, 5.74) is 9.10. The number of fused-ring (bicyclic) bond motifs is 1. The third-order valence-electron chi connectivity index (χ3n) is 2.98. The third kappa shape index (κ3) is 2.97. The third-order valence-corrected chi connectivity index (χ3v) is 2.98. The second-order valence-electron chi connectivity index (χ2n) is 4.29. The maximum Gasteiger partial charge on any atom is 0.320 e. The van der Waals surface area contributed by atoms with E-state index in [0.29, 0.717) is 13.2 Å². The van der Waals surface area contributed by atoms with Crippen LogP contribution in [-0.2, 0) is 22.5 Å². The van der Waals surface area contributed by atoms with Crippen LogP contribution in [0.3, 0.4) is 0 Å². The van der Waals surface area contributed by atoms with Gasteiger partial charge >= 0.3 is 5.97 Å². The quantitative estimate of drug-likeness (QED) is 0.630. The van der Waals surface area contributed by atoms with Crippen molar-refractivity contribution in [1.82, 2.24) is 4.90 Å². The normalized spacial score (nSPS) is 15.4. The molecule has 0 unspecified atom stereocenters. The number of nitrogens with zero attached hydrogens (tertiary/aromatic N) is 1. The average molecular weight is 234 g/mol. The van der Waals surface area contributed by atoms with Crippen LogP contribution in [0.2, 0.25) is 0 Å². The van der Waals surface area contributed by atoms with Gasteiger partial charge in [-0.15, -0.1) is 0 Å². The van der Waals surface area contributed by atoms with Crippen LogP contribution >= 0.6 is 0 Å². The van der Waals surface area contributed by atoms with E-state index < -0.39 is 0 Å². The summed E-state index contributed by atoms with van der Waals surface area (Å²) in [4.78, 5) is 13.5. The molecule has 0 aromatic heterocycles. The number of anilines is 1. The average Bonchev–Trinajstić information content (AvgIpc) is 2.28. The summed E-state index contributed by atoms with van der Waals surface area (Å²) >= 11 is 0. The smallest absolute Gasteiger partial charge is 0.320 e. The molecule has 1 aromatic carbocycles. The molecule has 4 nitrogen and oxygen atoms in total. The maximum atomic E-state index is 11.4. The zero-order valence-electron chi connectivity index (χ0n) is 10.1. The Hall–Kier alpha value is -1.55. The van der Waals surface area contributed by atoms with Crippen molar-refractivity contribution in [2.24, 2.45) is 0 Å². The number of hydrogen-bond donors (Lipinski definition) is 1. The Balaban J connectivity index is 2.00.